The topological polar surface area (TPSA) is 28.7 Å². The number of rotatable bonds is 1. The summed E-state index contributed by atoms with van der Waals surface area (Å²) < 4.78 is 0. The molecule has 0 aliphatic rings. The highest BCUT2D eigenvalue weighted by atomic mass is 35.5. The molecule has 2 aromatic rings. The van der Waals surface area contributed by atoms with Gasteiger partial charge in [-0.25, -0.2) is 4.98 Å². The third-order valence-corrected chi connectivity index (χ3v) is 2.34. The number of imidazole rings is 1. The molecule has 0 saturated carbocycles. The van der Waals surface area contributed by atoms with E-state index in [-0.39, 0.29) is 0 Å². The molecule has 13 heavy (non-hydrogen) atoms. The summed E-state index contributed by atoms with van der Waals surface area (Å²) in [6.45, 7) is 0. The van der Waals surface area contributed by atoms with Crippen LogP contribution < -0.4 is 0 Å². The molecular formula is C9H7ClN2S. The van der Waals surface area contributed by atoms with Crippen molar-refractivity contribution in [1.29, 1.82) is 0 Å². The van der Waals surface area contributed by atoms with Crippen molar-refractivity contribution < 1.29 is 0 Å². The second kappa shape index (κ2) is 3.44. The lowest BCUT2D eigenvalue weighted by Crippen LogP contribution is -1.82. The van der Waals surface area contributed by atoms with Crippen LogP contribution in [0.25, 0.3) is 11.4 Å². The number of halogens is 1. The van der Waals surface area contributed by atoms with E-state index in [0.717, 1.165) is 16.3 Å². The maximum Gasteiger partial charge on any atom is 0.138 e. The van der Waals surface area contributed by atoms with Gasteiger partial charge < -0.3 is 4.98 Å². The standard InChI is InChI=1S/C9H7ClN2S/c10-6-1-2-8(13)7(5-6)9-11-3-4-12-9/h1-5,13H,(H,11,12). The molecule has 2 rings (SSSR count). The van der Waals surface area contributed by atoms with Crippen LogP contribution in [0.15, 0.2) is 35.5 Å². The molecule has 4 heteroatoms. The fourth-order valence-electron chi connectivity index (χ4n) is 1.11. The van der Waals surface area contributed by atoms with Crippen molar-refractivity contribution in [2.24, 2.45) is 0 Å². The maximum absolute atomic E-state index is 5.86. The first-order valence-corrected chi connectivity index (χ1v) is 4.58. The van der Waals surface area contributed by atoms with E-state index in [9.17, 15) is 0 Å². The van der Waals surface area contributed by atoms with Gasteiger partial charge in [-0.2, -0.15) is 0 Å². The number of hydrogen-bond acceptors (Lipinski definition) is 2. The molecule has 0 fully saturated rings. The zero-order valence-electron chi connectivity index (χ0n) is 6.66. The van der Waals surface area contributed by atoms with Crippen LogP contribution in [-0.2, 0) is 0 Å². The largest absolute Gasteiger partial charge is 0.345 e. The monoisotopic (exact) mass is 210 g/mol. The SMILES string of the molecule is Sc1ccc(Cl)cc1-c1ncc[nH]1. The summed E-state index contributed by atoms with van der Waals surface area (Å²) in [4.78, 5) is 7.99. The molecule has 0 amide bonds. The van der Waals surface area contributed by atoms with Crippen LogP contribution in [0.5, 0.6) is 0 Å². The summed E-state index contributed by atoms with van der Waals surface area (Å²) in [7, 11) is 0. The van der Waals surface area contributed by atoms with Crippen LogP contribution in [0.1, 0.15) is 0 Å². The van der Waals surface area contributed by atoms with Crippen molar-refractivity contribution in [2.75, 3.05) is 0 Å². The Bertz CT molecular complexity index is 412. The van der Waals surface area contributed by atoms with Crippen LogP contribution in [0.2, 0.25) is 5.02 Å². The van der Waals surface area contributed by atoms with Gasteiger partial charge in [0.2, 0.25) is 0 Å². The van der Waals surface area contributed by atoms with Crippen molar-refractivity contribution in [1.82, 2.24) is 9.97 Å². The molecule has 0 bridgehead atoms. The molecule has 1 aromatic carbocycles. The molecule has 0 radical (unpaired) electrons. The summed E-state index contributed by atoms with van der Waals surface area (Å²) in [5.41, 5.74) is 0.917. The molecule has 0 saturated heterocycles. The number of nitrogens with one attached hydrogen (secondary N) is 1. The van der Waals surface area contributed by atoms with Gasteiger partial charge in [0.1, 0.15) is 5.82 Å². The van der Waals surface area contributed by atoms with E-state index in [0.29, 0.717) is 5.02 Å². The lowest BCUT2D eigenvalue weighted by atomic mass is 10.2. The average molecular weight is 211 g/mol. The van der Waals surface area contributed by atoms with E-state index in [1.54, 1.807) is 18.5 Å². The first-order chi connectivity index (χ1) is 6.27. The quantitative estimate of drug-likeness (QED) is 0.696. The Labute approximate surface area is 86.4 Å². The van der Waals surface area contributed by atoms with Gasteiger partial charge in [-0.1, -0.05) is 11.6 Å². The highest BCUT2D eigenvalue weighted by molar-refractivity contribution is 7.80. The highest BCUT2D eigenvalue weighted by Gasteiger charge is 2.04. The van der Waals surface area contributed by atoms with Crippen molar-refractivity contribution in [3.05, 3.63) is 35.6 Å². The van der Waals surface area contributed by atoms with Gasteiger partial charge in [0, 0.05) is 27.9 Å². The smallest absolute Gasteiger partial charge is 0.138 e. The van der Waals surface area contributed by atoms with E-state index >= 15 is 0 Å². The van der Waals surface area contributed by atoms with Crippen molar-refractivity contribution in [2.45, 2.75) is 4.90 Å². The molecular weight excluding hydrogens is 204 g/mol. The van der Waals surface area contributed by atoms with E-state index in [1.165, 1.54) is 0 Å². The number of hydrogen-bond donors (Lipinski definition) is 2. The lowest BCUT2D eigenvalue weighted by Gasteiger charge is -2.01. The second-order valence-corrected chi connectivity index (χ2v) is 3.52. The normalized spacial score (nSPS) is 10.3. The average Bonchev–Trinajstić information content (AvgIpc) is 2.61. The number of thiol groups is 1. The van der Waals surface area contributed by atoms with Gasteiger partial charge in [-0.3, -0.25) is 0 Å². The summed E-state index contributed by atoms with van der Waals surface area (Å²) >= 11 is 10.2. The summed E-state index contributed by atoms with van der Waals surface area (Å²) in [5.74, 6) is 0.785. The molecule has 66 valence electrons. The first-order valence-electron chi connectivity index (χ1n) is 3.75. The molecule has 0 unspecified atom stereocenters. The van der Waals surface area contributed by atoms with Gasteiger partial charge in [0.15, 0.2) is 0 Å². The van der Waals surface area contributed by atoms with Crippen molar-refractivity contribution in [3.8, 4) is 11.4 Å². The van der Waals surface area contributed by atoms with Crippen LogP contribution >= 0.6 is 24.2 Å². The third kappa shape index (κ3) is 1.71. The maximum atomic E-state index is 5.86. The van der Waals surface area contributed by atoms with Crippen molar-refractivity contribution in [3.63, 3.8) is 0 Å². The van der Waals surface area contributed by atoms with Crippen LogP contribution in [-0.4, -0.2) is 9.97 Å². The molecule has 2 nitrogen and oxygen atoms in total. The molecule has 0 spiro atoms. The van der Waals surface area contributed by atoms with Gasteiger partial charge in [0.05, 0.1) is 0 Å². The van der Waals surface area contributed by atoms with Gasteiger partial charge in [0.25, 0.3) is 0 Å². The Morgan fingerprint density at radius 3 is 2.92 bits per heavy atom. The lowest BCUT2D eigenvalue weighted by molar-refractivity contribution is 1.27. The number of benzene rings is 1. The van der Waals surface area contributed by atoms with Crippen LogP contribution in [0, 0.1) is 0 Å². The molecule has 0 aliphatic heterocycles. The number of aromatic amines is 1. The number of aromatic nitrogens is 2. The van der Waals surface area contributed by atoms with Crippen molar-refractivity contribution >= 4 is 24.2 Å². The summed E-state index contributed by atoms with van der Waals surface area (Å²) in [6, 6.07) is 5.49. The number of H-pyrrole nitrogens is 1. The molecule has 1 aromatic heterocycles. The predicted molar refractivity (Wildman–Crippen MR) is 56.3 cm³/mol. The molecule has 1 heterocycles. The van der Waals surface area contributed by atoms with E-state index in [2.05, 4.69) is 22.6 Å². The Morgan fingerprint density at radius 2 is 2.23 bits per heavy atom. The van der Waals surface area contributed by atoms with E-state index < -0.39 is 0 Å². The zero-order valence-corrected chi connectivity index (χ0v) is 8.31. The highest BCUT2D eigenvalue weighted by Crippen LogP contribution is 2.26. The summed E-state index contributed by atoms with van der Waals surface area (Å²) in [6.07, 6.45) is 3.47. The van der Waals surface area contributed by atoms with E-state index in [1.807, 2.05) is 12.1 Å². The Hall–Kier alpha value is -0.930. The Kier molecular flexibility index (Phi) is 2.29. The van der Waals surface area contributed by atoms with E-state index in [4.69, 9.17) is 11.6 Å². The molecule has 0 aliphatic carbocycles. The Balaban J connectivity index is 2.57. The minimum atomic E-state index is 0.684. The predicted octanol–water partition coefficient (Wildman–Crippen LogP) is 3.02. The minimum absolute atomic E-state index is 0.684. The summed E-state index contributed by atoms with van der Waals surface area (Å²) in [5, 5.41) is 0.684. The first kappa shape index (κ1) is 8.66. The zero-order chi connectivity index (χ0) is 9.26. The van der Waals surface area contributed by atoms with Gasteiger partial charge in [-0.15, -0.1) is 12.6 Å². The fourth-order valence-corrected chi connectivity index (χ4v) is 1.53. The number of nitrogens with zero attached hydrogens (tertiary/aromatic N) is 1. The van der Waals surface area contributed by atoms with Gasteiger partial charge in [-0.05, 0) is 18.2 Å². The third-order valence-electron chi connectivity index (χ3n) is 1.71. The van der Waals surface area contributed by atoms with Crippen LogP contribution in [0.3, 0.4) is 0 Å². The second-order valence-electron chi connectivity index (χ2n) is 2.60. The van der Waals surface area contributed by atoms with Gasteiger partial charge >= 0.3 is 0 Å². The minimum Gasteiger partial charge on any atom is -0.345 e. The molecule has 0 atom stereocenters. The fraction of sp³-hybridized carbons (Fsp3) is 0. The molecule has 1 N–H and O–H groups in total. The Morgan fingerprint density at radius 1 is 1.38 bits per heavy atom. The van der Waals surface area contributed by atoms with Crippen LogP contribution in [0.4, 0.5) is 0 Å².